The highest BCUT2D eigenvalue weighted by Gasteiger charge is 2.17. The lowest BCUT2D eigenvalue weighted by atomic mass is 10.1. The van der Waals surface area contributed by atoms with Gasteiger partial charge < -0.3 is 15.4 Å². The molecule has 0 aliphatic rings. The second-order valence-electron chi connectivity index (χ2n) is 4.31. The molecular weight excluding hydrogens is 341 g/mol. The first-order valence-corrected chi connectivity index (χ1v) is 7.45. The van der Waals surface area contributed by atoms with Crippen LogP contribution in [-0.2, 0) is 9.53 Å². The molecule has 0 bridgehead atoms. The molecule has 0 radical (unpaired) electrons. The Bertz CT molecular complexity index is 681. The third-order valence-corrected chi connectivity index (χ3v) is 3.40. The molecule has 1 aromatic rings. The van der Waals surface area contributed by atoms with Crippen molar-refractivity contribution in [2.45, 2.75) is 13.3 Å². The van der Waals surface area contributed by atoms with Crippen LogP contribution in [0.4, 0.5) is 5.69 Å². The Morgan fingerprint density at radius 1 is 1.39 bits per heavy atom. The SMILES string of the molecule is CCCOC(=O)C(C#N)=CNc1ccc(Cl)c(C(=O)NC)c1Cl. The Morgan fingerprint density at radius 3 is 2.65 bits per heavy atom. The largest absolute Gasteiger partial charge is 0.462 e. The number of nitrogens with one attached hydrogen (secondary N) is 2. The molecule has 0 aliphatic carbocycles. The van der Waals surface area contributed by atoms with Crippen LogP contribution in [0.25, 0.3) is 0 Å². The van der Waals surface area contributed by atoms with Gasteiger partial charge in [-0.25, -0.2) is 4.79 Å². The quantitative estimate of drug-likeness (QED) is 0.464. The highest BCUT2D eigenvalue weighted by Crippen LogP contribution is 2.31. The zero-order valence-corrected chi connectivity index (χ0v) is 14.1. The van der Waals surface area contributed by atoms with Gasteiger partial charge >= 0.3 is 5.97 Å². The number of nitrogens with zero attached hydrogens (tertiary/aromatic N) is 1. The van der Waals surface area contributed by atoms with Crippen molar-refractivity contribution in [2.75, 3.05) is 19.0 Å². The first-order chi connectivity index (χ1) is 11.0. The number of benzene rings is 1. The Balaban J connectivity index is 3.05. The normalized spacial score (nSPS) is 10.7. The van der Waals surface area contributed by atoms with E-state index in [4.69, 9.17) is 33.2 Å². The summed E-state index contributed by atoms with van der Waals surface area (Å²) in [6.45, 7) is 2.06. The van der Waals surface area contributed by atoms with Gasteiger partial charge in [-0.2, -0.15) is 5.26 Å². The molecule has 0 saturated carbocycles. The lowest BCUT2D eigenvalue weighted by Gasteiger charge is -2.10. The van der Waals surface area contributed by atoms with E-state index in [1.165, 1.54) is 25.4 Å². The van der Waals surface area contributed by atoms with E-state index in [1.807, 2.05) is 6.92 Å². The minimum absolute atomic E-state index is 0.0762. The highest BCUT2D eigenvalue weighted by atomic mass is 35.5. The van der Waals surface area contributed by atoms with Crippen LogP contribution < -0.4 is 10.6 Å². The van der Waals surface area contributed by atoms with Crippen molar-refractivity contribution in [3.63, 3.8) is 0 Å². The lowest BCUT2D eigenvalue weighted by molar-refractivity contribution is -0.138. The second-order valence-corrected chi connectivity index (χ2v) is 5.10. The van der Waals surface area contributed by atoms with Gasteiger partial charge in [-0.1, -0.05) is 30.1 Å². The van der Waals surface area contributed by atoms with E-state index < -0.39 is 11.9 Å². The molecule has 0 fully saturated rings. The number of carbonyl (C=O) groups is 2. The maximum Gasteiger partial charge on any atom is 0.350 e. The Morgan fingerprint density at radius 2 is 2.09 bits per heavy atom. The molecule has 0 spiro atoms. The van der Waals surface area contributed by atoms with Crippen molar-refractivity contribution in [1.82, 2.24) is 5.32 Å². The lowest BCUT2D eigenvalue weighted by Crippen LogP contribution is -2.19. The molecule has 23 heavy (non-hydrogen) atoms. The number of ether oxygens (including phenoxy) is 1. The number of rotatable bonds is 6. The number of hydrogen-bond donors (Lipinski definition) is 2. The van der Waals surface area contributed by atoms with E-state index in [0.717, 1.165) is 0 Å². The van der Waals surface area contributed by atoms with E-state index in [0.29, 0.717) is 12.1 Å². The molecule has 0 aromatic heterocycles. The molecule has 6 nitrogen and oxygen atoms in total. The van der Waals surface area contributed by atoms with Gasteiger partial charge in [-0.15, -0.1) is 0 Å². The number of esters is 1. The maximum atomic E-state index is 11.8. The van der Waals surface area contributed by atoms with Crippen LogP contribution in [0.15, 0.2) is 23.9 Å². The van der Waals surface area contributed by atoms with Crippen LogP contribution in [0.1, 0.15) is 23.7 Å². The number of halogens is 2. The van der Waals surface area contributed by atoms with Gasteiger partial charge in [0.2, 0.25) is 0 Å². The molecule has 0 heterocycles. The van der Waals surface area contributed by atoms with Crippen LogP contribution in [0.5, 0.6) is 0 Å². The van der Waals surface area contributed by atoms with E-state index in [9.17, 15) is 9.59 Å². The number of anilines is 1. The zero-order chi connectivity index (χ0) is 17.4. The molecule has 0 unspecified atom stereocenters. The van der Waals surface area contributed by atoms with Crippen molar-refractivity contribution in [1.29, 1.82) is 5.26 Å². The van der Waals surface area contributed by atoms with E-state index >= 15 is 0 Å². The summed E-state index contributed by atoms with van der Waals surface area (Å²) < 4.78 is 4.87. The number of carbonyl (C=O) groups excluding carboxylic acids is 2. The fourth-order valence-corrected chi connectivity index (χ4v) is 2.15. The summed E-state index contributed by atoms with van der Waals surface area (Å²) in [4.78, 5) is 23.4. The van der Waals surface area contributed by atoms with Crippen LogP contribution in [0.2, 0.25) is 10.0 Å². The first kappa shape index (κ1) is 18.8. The van der Waals surface area contributed by atoms with Gasteiger partial charge in [0.25, 0.3) is 5.91 Å². The second kappa shape index (κ2) is 9.03. The number of hydrogen-bond acceptors (Lipinski definition) is 5. The molecule has 8 heteroatoms. The van der Waals surface area contributed by atoms with Crippen molar-refractivity contribution < 1.29 is 14.3 Å². The minimum atomic E-state index is -0.738. The van der Waals surface area contributed by atoms with Gasteiger partial charge in [0.1, 0.15) is 6.07 Å². The average molecular weight is 356 g/mol. The summed E-state index contributed by atoms with van der Waals surface area (Å²) in [5.74, 6) is -1.19. The summed E-state index contributed by atoms with van der Waals surface area (Å²) in [6, 6.07) is 4.75. The predicted molar refractivity (Wildman–Crippen MR) is 88.4 cm³/mol. The van der Waals surface area contributed by atoms with E-state index in [-0.39, 0.29) is 27.8 Å². The van der Waals surface area contributed by atoms with Gasteiger partial charge in [0.05, 0.1) is 27.9 Å². The van der Waals surface area contributed by atoms with Crippen LogP contribution >= 0.6 is 23.2 Å². The van der Waals surface area contributed by atoms with Gasteiger partial charge in [0.15, 0.2) is 5.57 Å². The minimum Gasteiger partial charge on any atom is -0.462 e. The van der Waals surface area contributed by atoms with Gasteiger partial charge in [0, 0.05) is 13.2 Å². The van der Waals surface area contributed by atoms with Crippen molar-refractivity contribution in [3.05, 3.63) is 39.5 Å². The van der Waals surface area contributed by atoms with Gasteiger partial charge in [-0.3, -0.25) is 4.79 Å². The summed E-state index contributed by atoms with van der Waals surface area (Å²) in [7, 11) is 1.45. The first-order valence-electron chi connectivity index (χ1n) is 6.70. The summed E-state index contributed by atoms with van der Waals surface area (Å²) >= 11 is 12.1. The van der Waals surface area contributed by atoms with E-state index in [2.05, 4.69) is 10.6 Å². The topological polar surface area (TPSA) is 91.2 Å². The third-order valence-electron chi connectivity index (χ3n) is 2.69. The Kier molecular flexibility index (Phi) is 7.39. The molecular formula is C15H15Cl2N3O3. The fourth-order valence-electron chi connectivity index (χ4n) is 1.56. The van der Waals surface area contributed by atoms with Crippen molar-refractivity contribution >= 4 is 40.8 Å². The van der Waals surface area contributed by atoms with Crippen molar-refractivity contribution in [3.8, 4) is 6.07 Å². The standard InChI is InChI=1S/C15H15Cl2N3O3/c1-3-6-23-15(22)9(7-18)8-20-11-5-4-10(16)12(13(11)17)14(21)19-2/h4-5,8,20H,3,6H2,1-2H3,(H,19,21). The summed E-state index contributed by atoms with van der Waals surface area (Å²) in [5.41, 5.74) is 0.206. The Hall–Kier alpha value is -2.23. The van der Waals surface area contributed by atoms with Crippen LogP contribution in [0, 0.1) is 11.3 Å². The molecule has 0 atom stereocenters. The van der Waals surface area contributed by atoms with Crippen molar-refractivity contribution in [2.24, 2.45) is 0 Å². The van der Waals surface area contributed by atoms with Crippen LogP contribution in [-0.4, -0.2) is 25.5 Å². The molecule has 1 amide bonds. The fraction of sp³-hybridized carbons (Fsp3) is 0.267. The smallest absolute Gasteiger partial charge is 0.350 e. The Labute approximate surface area is 144 Å². The summed E-state index contributed by atoms with van der Waals surface area (Å²) in [5, 5.41) is 14.4. The zero-order valence-electron chi connectivity index (χ0n) is 12.6. The molecule has 0 aliphatic heterocycles. The molecule has 1 rings (SSSR count). The van der Waals surface area contributed by atoms with Gasteiger partial charge in [-0.05, 0) is 18.6 Å². The van der Waals surface area contributed by atoms with Crippen LogP contribution in [0.3, 0.4) is 0 Å². The monoisotopic (exact) mass is 355 g/mol. The number of amides is 1. The van der Waals surface area contributed by atoms with E-state index in [1.54, 1.807) is 6.07 Å². The highest BCUT2D eigenvalue weighted by molar-refractivity contribution is 6.41. The maximum absolute atomic E-state index is 11.8. The molecule has 1 aromatic carbocycles. The summed E-state index contributed by atoms with van der Waals surface area (Å²) in [6.07, 6.45) is 1.82. The predicted octanol–water partition coefficient (Wildman–Crippen LogP) is 3.13. The third kappa shape index (κ3) is 4.88. The molecule has 122 valence electrons. The molecule has 0 saturated heterocycles. The average Bonchev–Trinajstić information content (AvgIpc) is 2.54. The number of nitriles is 1. The molecule has 2 N–H and O–H groups in total.